The van der Waals surface area contributed by atoms with Crippen LogP contribution < -0.4 is 29.6 Å². The van der Waals surface area contributed by atoms with Gasteiger partial charge in [0.05, 0.1) is 22.2 Å². The van der Waals surface area contributed by atoms with Gasteiger partial charge in [-0.1, -0.05) is 39.0 Å². The number of aryl methyl sites for hydroxylation is 1. The van der Waals surface area contributed by atoms with E-state index in [1.54, 1.807) is 6.92 Å². The first-order valence-electron chi connectivity index (χ1n) is 10.4. The molecule has 0 saturated carbocycles. The van der Waals surface area contributed by atoms with E-state index in [1.807, 2.05) is 26.8 Å². The first-order chi connectivity index (χ1) is 16.1. The number of hydrogen-bond donors (Lipinski definition) is 1. The molecule has 4 rings (SSSR count). The number of aromatic amines is 1. The van der Waals surface area contributed by atoms with E-state index in [0.29, 0.717) is 11.8 Å². The molecule has 0 aliphatic heterocycles. The maximum Gasteiger partial charge on any atom is 1.00 e. The van der Waals surface area contributed by atoms with Gasteiger partial charge in [0.2, 0.25) is 0 Å². The quantitative estimate of drug-likeness (QED) is 0.298. The van der Waals surface area contributed by atoms with Crippen LogP contribution in [0.2, 0.25) is 0 Å². The molecule has 184 valence electrons. The molecule has 0 unspecified atom stereocenters. The van der Waals surface area contributed by atoms with Crippen LogP contribution in [0.25, 0.3) is 33.5 Å². The Kier molecular flexibility index (Phi) is 7.18. The van der Waals surface area contributed by atoms with E-state index in [2.05, 4.69) is 9.97 Å². The maximum atomic E-state index is 14.0. The van der Waals surface area contributed by atoms with E-state index in [4.69, 9.17) is 4.42 Å². The molecule has 0 radical (unpaired) electrons. The van der Waals surface area contributed by atoms with Crippen LogP contribution in [0, 0.1) is 18.3 Å². The van der Waals surface area contributed by atoms with Crippen molar-refractivity contribution in [2.45, 2.75) is 45.5 Å². The van der Waals surface area contributed by atoms with E-state index in [0.717, 1.165) is 12.1 Å². The second kappa shape index (κ2) is 9.29. The molecule has 2 heterocycles. The van der Waals surface area contributed by atoms with E-state index in [-0.39, 0.29) is 64.8 Å². The van der Waals surface area contributed by atoms with Crippen molar-refractivity contribution < 1.29 is 61.7 Å². The van der Waals surface area contributed by atoms with Crippen LogP contribution in [0.5, 0.6) is 0 Å². The van der Waals surface area contributed by atoms with E-state index in [1.165, 1.54) is 18.2 Å². The average molecular weight is 515 g/mol. The number of rotatable bonds is 2. The van der Waals surface area contributed by atoms with Crippen LogP contribution >= 0.6 is 0 Å². The smallest absolute Gasteiger partial charge is 1.00 e. The van der Waals surface area contributed by atoms with Crippen LogP contribution in [0.15, 0.2) is 40.8 Å². The number of alkyl halides is 6. The van der Waals surface area contributed by atoms with Crippen molar-refractivity contribution >= 4 is 11.0 Å². The number of halogens is 6. The molecule has 0 saturated heterocycles. The SMILES string of the molecule is Cc1oc(C(C)(C)C)c(C#N)c1-c1nc2c(C(F)(F)F)cc(-c3ccccc3C(F)(F)F)cc2[nH]1.[H-].[Na+]. The number of nitrogens with one attached hydrogen (secondary N) is 1. The minimum atomic E-state index is -4.89. The first kappa shape index (κ1) is 27.8. The normalized spacial score (nSPS) is 12.5. The summed E-state index contributed by atoms with van der Waals surface area (Å²) in [6.45, 7) is 7.02. The topological polar surface area (TPSA) is 65.6 Å². The molecule has 36 heavy (non-hydrogen) atoms. The van der Waals surface area contributed by atoms with E-state index >= 15 is 0 Å². The Hall–Kier alpha value is -2.74. The van der Waals surface area contributed by atoms with Crippen LogP contribution in [0.4, 0.5) is 26.3 Å². The summed E-state index contributed by atoms with van der Waals surface area (Å²) >= 11 is 0. The fourth-order valence-corrected chi connectivity index (χ4v) is 4.05. The molecule has 0 fully saturated rings. The molecular weight excluding hydrogens is 495 g/mol. The summed E-state index contributed by atoms with van der Waals surface area (Å²) in [5.74, 6) is 0.589. The van der Waals surface area contributed by atoms with Gasteiger partial charge in [0.15, 0.2) is 0 Å². The molecule has 0 aliphatic carbocycles. The van der Waals surface area contributed by atoms with Gasteiger partial charge in [0.1, 0.15) is 34.5 Å². The average Bonchev–Trinajstić information content (AvgIpc) is 3.31. The molecule has 0 bridgehead atoms. The van der Waals surface area contributed by atoms with Crippen LogP contribution in [0.1, 0.15) is 50.4 Å². The molecule has 1 N–H and O–H groups in total. The van der Waals surface area contributed by atoms with Crippen molar-refractivity contribution in [2.24, 2.45) is 0 Å². The molecule has 2 aromatic carbocycles. The third kappa shape index (κ3) is 4.92. The van der Waals surface area contributed by atoms with Gasteiger partial charge >= 0.3 is 41.9 Å². The van der Waals surface area contributed by atoms with Gasteiger partial charge in [0.25, 0.3) is 0 Å². The van der Waals surface area contributed by atoms with Crippen molar-refractivity contribution in [3.05, 3.63) is 64.6 Å². The summed E-state index contributed by atoms with van der Waals surface area (Å²) < 4.78 is 88.4. The van der Waals surface area contributed by atoms with Crippen LogP contribution in [-0.2, 0) is 17.8 Å². The Morgan fingerprint density at radius 2 is 1.58 bits per heavy atom. The zero-order valence-electron chi connectivity index (χ0n) is 21.0. The Morgan fingerprint density at radius 1 is 0.972 bits per heavy atom. The Balaban J connectivity index is 0.00000241. The van der Waals surface area contributed by atoms with Gasteiger partial charge in [0, 0.05) is 5.41 Å². The Labute approximate surface area is 226 Å². The van der Waals surface area contributed by atoms with Gasteiger partial charge in [-0.2, -0.15) is 31.6 Å². The number of imidazole rings is 1. The summed E-state index contributed by atoms with van der Waals surface area (Å²) in [5.41, 5.74) is -3.73. The van der Waals surface area contributed by atoms with E-state index in [9.17, 15) is 31.6 Å². The third-order valence-corrected chi connectivity index (χ3v) is 5.55. The number of nitriles is 1. The molecule has 0 spiro atoms. The summed E-state index contributed by atoms with van der Waals surface area (Å²) in [4.78, 5) is 6.88. The van der Waals surface area contributed by atoms with Crippen molar-refractivity contribution in [1.82, 2.24) is 9.97 Å². The standard InChI is InChI=1S/C25H19F6N3O.Na.H/c1-12-19(15(11-32)21(35-12)23(2,3)4)22-33-18-10-13(9-17(20(18)34-22)25(29,30)31)14-7-5-6-8-16(14)24(26,27)28;;/h5-10H,1-4H3,(H,33,34);;/q;+1;-1. The van der Waals surface area contributed by atoms with Gasteiger partial charge in [-0.3, -0.25) is 0 Å². The minimum absolute atomic E-state index is 0. The minimum Gasteiger partial charge on any atom is -1.00 e. The number of H-pyrrole nitrogens is 1. The van der Waals surface area contributed by atoms with Gasteiger partial charge < -0.3 is 10.8 Å². The van der Waals surface area contributed by atoms with Crippen molar-refractivity contribution in [3.63, 3.8) is 0 Å². The Bertz CT molecular complexity index is 1490. The van der Waals surface area contributed by atoms with Gasteiger partial charge in [-0.15, -0.1) is 0 Å². The van der Waals surface area contributed by atoms with Crippen molar-refractivity contribution in [2.75, 3.05) is 0 Å². The molecule has 4 aromatic rings. The molecular formula is C25H20F6N3NaO. The summed E-state index contributed by atoms with van der Waals surface area (Å²) in [6.07, 6.45) is -9.66. The zero-order chi connectivity index (χ0) is 25.9. The number of benzene rings is 2. The predicted octanol–water partition coefficient (Wildman–Crippen LogP) is 5.12. The largest absolute Gasteiger partial charge is 1.00 e. The number of fused-ring (bicyclic) bond motifs is 1. The summed E-state index contributed by atoms with van der Waals surface area (Å²) in [7, 11) is 0. The third-order valence-electron chi connectivity index (χ3n) is 5.55. The zero-order valence-corrected chi connectivity index (χ0v) is 22.0. The molecule has 0 aliphatic rings. The Morgan fingerprint density at radius 3 is 2.14 bits per heavy atom. The number of aromatic nitrogens is 2. The maximum absolute atomic E-state index is 14.0. The van der Waals surface area contributed by atoms with Crippen LogP contribution in [0.3, 0.4) is 0 Å². The summed E-state index contributed by atoms with van der Waals surface area (Å²) in [5, 5.41) is 9.76. The molecule has 0 atom stereocenters. The number of furan rings is 1. The van der Waals surface area contributed by atoms with Gasteiger partial charge in [-0.25, -0.2) is 4.98 Å². The molecule has 4 nitrogen and oxygen atoms in total. The first-order valence-corrected chi connectivity index (χ1v) is 10.4. The number of hydrogen-bond acceptors (Lipinski definition) is 3. The molecule has 0 amide bonds. The molecule has 2 aromatic heterocycles. The number of nitrogens with zero attached hydrogens (tertiary/aromatic N) is 2. The monoisotopic (exact) mass is 515 g/mol. The summed E-state index contributed by atoms with van der Waals surface area (Å²) in [6, 6.07) is 8.31. The fraction of sp³-hybridized carbons (Fsp3) is 0.280. The second-order valence-corrected chi connectivity index (χ2v) is 9.15. The van der Waals surface area contributed by atoms with Crippen LogP contribution in [-0.4, -0.2) is 9.97 Å². The van der Waals surface area contributed by atoms with Crippen molar-refractivity contribution in [3.8, 4) is 28.6 Å². The fourth-order valence-electron chi connectivity index (χ4n) is 4.05. The van der Waals surface area contributed by atoms with Gasteiger partial charge in [-0.05, 0) is 36.2 Å². The predicted molar refractivity (Wildman–Crippen MR) is 118 cm³/mol. The second-order valence-electron chi connectivity index (χ2n) is 9.15. The van der Waals surface area contributed by atoms with Crippen molar-refractivity contribution in [1.29, 1.82) is 5.26 Å². The molecule has 11 heteroatoms. The van der Waals surface area contributed by atoms with E-state index < -0.39 is 40.0 Å².